The molecule has 0 spiro atoms. The van der Waals surface area contributed by atoms with E-state index in [-0.39, 0.29) is 5.91 Å². The molecule has 1 fully saturated rings. The van der Waals surface area contributed by atoms with Gasteiger partial charge in [-0.25, -0.2) is 4.99 Å². The average molecular weight is 717 g/mol. The van der Waals surface area contributed by atoms with Crippen LogP contribution in [0.5, 0.6) is 5.75 Å². The normalized spacial score (nSPS) is 15.3. The van der Waals surface area contributed by atoms with Crippen molar-refractivity contribution in [2.75, 3.05) is 4.90 Å². The van der Waals surface area contributed by atoms with E-state index in [2.05, 4.69) is 31.9 Å². The van der Waals surface area contributed by atoms with Crippen LogP contribution in [0.4, 0.5) is 11.4 Å². The van der Waals surface area contributed by atoms with Crippen molar-refractivity contribution in [1.29, 1.82) is 0 Å². The lowest BCUT2D eigenvalue weighted by molar-refractivity contribution is -0.113. The first-order chi connectivity index (χ1) is 19.2. The number of anilines is 1. The molecule has 4 aromatic carbocycles. The first-order valence-electron chi connectivity index (χ1n) is 12.2. The number of aryl methyl sites for hydroxylation is 2. The van der Waals surface area contributed by atoms with E-state index < -0.39 is 0 Å². The summed E-state index contributed by atoms with van der Waals surface area (Å²) < 4.78 is 7.60. The Morgan fingerprint density at radius 1 is 0.900 bits per heavy atom. The SMILES string of the molecule is Cc1ccc(N=C2S/C(=C/c3cc(Br)c(OCc4ccccc4)c(Br)c3)C(=O)N2c2ccc(C)c(Cl)c2)cc1Cl. The minimum Gasteiger partial charge on any atom is -0.487 e. The molecule has 0 radical (unpaired) electrons. The second-order valence-corrected chi connectivity index (χ2v) is 12.6. The Morgan fingerprint density at radius 3 is 2.20 bits per heavy atom. The van der Waals surface area contributed by atoms with E-state index in [1.54, 1.807) is 17.0 Å². The largest absolute Gasteiger partial charge is 0.487 e. The van der Waals surface area contributed by atoms with Crippen LogP contribution >= 0.6 is 66.8 Å². The summed E-state index contributed by atoms with van der Waals surface area (Å²) in [5, 5.41) is 1.70. The summed E-state index contributed by atoms with van der Waals surface area (Å²) in [4.78, 5) is 20.7. The van der Waals surface area contributed by atoms with Gasteiger partial charge >= 0.3 is 0 Å². The van der Waals surface area contributed by atoms with E-state index in [9.17, 15) is 4.79 Å². The standard InChI is InChI=1S/C31H22Br2Cl2N2O2S/c1-18-8-10-22(15-26(18)34)36-31-37(23-11-9-19(2)27(35)16-23)30(38)28(40-31)14-21-12-24(32)29(25(33)13-21)39-17-20-6-4-3-5-7-20/h3-16H,17H2,1-2H3/b28-14+,36-31?. The van der Waals surface area contributed by atoms with Gasteiger partial charge in [-0.05, 0) is 122 Å². The minimum absolute atomic E-state index is 0.196. The first-order valence-corrected chi connectivity index (χ1v) is 15.4. The number of amides is 1. The molecule has 0 N–H and O–H groups in total. The fraction of sp³-hybridized carbons (Fsp3) is 0.0968. The number of thioether (sulfide) groups is 1. The number of benzene rings is 4. The molecule has 0 aromatic heterocycles. The predicted octanol–water partition coefficient (Wildman–Crippen LogP) is 10.5. The van der Waals surface area contributed by atoms with Crippen LogP contribution in [0.2, 0.25) is 10.0 Å². The molecule has 4 aromatic rings. The lowest BCUT2D eigenvalue weighted by atomic mass is 10.2. The second-order valence-electron chi connectivity index (χ2n) is 9.10. The third-order valence-electron chi connectivity index (χ3n) is 6.14. The summed E-state index contributed by atoms with van der Waals surface area (Å²) in [6, 6.07) is 24.9. The molecule has 0 bridgehead atoms. The lowest BCUT2D eigenvalue weighted by Gasteiger charge is -2.16. The van der Waals surface area contributed by atoms with Gasteiger partial charge in [0.2, 0.25) is 0 Å². The molecule has 0 atom stereocenters. The molecule has 9 heteroatoms. The molecule has 1 aliphatic heterocycles. The Labute approximate surface area is 264 Å². The van der Waals surface area contributed by atoms with E-state index >= 15 is 0 Å². The highest BCUT2D eigenvalue weighted by molar-refractivity contribution is 9.11. The highest BCUT2D eigenvalue weighted by Gasteiger charge is 2.35. The number of halogens is 4. The van der Waals surface area contributed by atoms with Crippen molar-refractivity contribution in [2.24, 2.45) is 4.99 Å². The zero-order valence-corrected chi connectivity index (χ0v) is 26.9. The van der Waals surface area contributed by atoms with Gasteiger partial charge in [0.25, 0.3) is 5.91 Å². The Balaban J connectivity index is 1.49. The van der Waals surface area contributed by atoms with Crippen LogP contribution in [-0.4, -0.2) is 11.1 Å². The van der Waals surface area contributed by atoms with Crippen molar-refractivity contribution in [2.45, 2.75) is 20.5 Å². The number of hydrogen-bond acceptors (Lipinski definition) is 4. The number of carbonyl (C=O) groups excluding carboxylic acids is 1. The van der Waals surface area contributed by atoms with Gasteiger partial charge in [0.1, 0.15) is 12.4 Å². The molecular weight excluding hydrogens is 695 g/mol. The van der Waals surface area contributed by atoms with Crippen molar-refractivity contribution in [3.8, 4) is 5.75 Å². The third kappa shape index (κ3) is 6.50. The topological polar surface area (TPSA) is 41.9 Å². The number of ether oxygens (including phenoxy) is 1. The molecule has 1 heterocycles. The summed E-state index contributed by atoms with van der Waals surface area (Å²) in [7, 11) is 0. The maximum atomic E-state index is 13.8. The van der Waals surface area contributed by atoms with Crippen LogP contribution in [0.15, 0.2) is 97.7 Å². The van der Waals surface area contributed by atoms with Crippen molar-refractivity contribution >= 4 is 95.3 Å². The van der Waals surface area contributed by atoms with Gasteiger partial charge in [-0.1, -0.05) is 65.7 Å². The van der Waals surface area contributed by atoms with Crippen LogP contribution in [0.1, 0.15) is 22.3 Å². The average Bonchev–Trinajstić information content (AvgIpc) is 3.22. The van der Waals surface area contributed by atoms with E-state index in [1.807, 2.05) is 86.7 Å². The quantitative estimate of drug-likeness (QED) is 0.187. The van der Waals surface area contributed by atoms with Gasteiger partial charge < -0.3 is 4.74 Å². The Hall–Kier alpha value is -2.55. The van der Waals surface area contributed by atoms with Gasteiger partial charge in [0, 0.05) is 10.0 Å². The van der Waals surface area contributed by atoms with Crippen LogP contribution in [0.25, 0.3) is 6.08 Å². The molecule has 1 saturated heterocycles. The van der Waals surface area contributed by atoms with E-state index in [0.29, 0.717) is 43.8 Å². The van der Waals surface area contributed by atoms with Gasteiger partial charge in [0.15, 0.2) is 5.17 Å². The fourth-order valence-corrected chi connectivity index (χ4v) is 6.74. The second kappa shape index (κ2) is 12.5. The predicted molar refractivity (Wildman–Crippen MR) is 175 cm³/mol. The number of rotatable bonds is 6. The van der Waals surface area contributed by atoms with Crippen LogP contribution < -0.4 is 9.64 Å². The summed E-state index contributed by atoms with van der Waals surface area (Å²) >= 11 is 21.3. The molecule has 40 heavy (non-hydrogen) atoms. The molecule has 1 aliphatic rings. The molecule has 202 valence electrons. The molecule has 4 nitrogen and oxygen atoms in total. The zero-order chi connectivity index (χ0) is 28.4. The van der Waals surface area contributed by atoms with Crippen LogP contribution in [0.3, 0.4) is 0 Å². The zero-order valence-electron chi connectivity index (χ0n) is 21.4. The maximum absolute atomic E-state index is 13.8. The summed E-state index contributed by atoms with van der Waals surface area (Å²) in [6.07, 6.45) is 1.84. The third-order valence-corrected chi connectivity index (χ3v) is 9.11. The van der Waals surface area contributed by atoms with Gasteiger partial charge in [-0.3, -0.25) is 9.69 Å². The van der Waals surface area contributed by atoms with E-state index in [0.717, 1.165) is 31.2 Å². The summed E-state index contributed by atoms with van der Waals surface area (Å²) in [5.74, 6) is 0.490. The minimum atomic E-state index is -0.196. The first kappa shape index (κ1) is 29.0. The molecule has 5 rings (SSSR count). The van der Waals surface area contributed by atoms with Crippen molar-refractivity contribution in [3.05, 3.63) is 125 Å². The van der Waals surface area contributed by atoms with Crippen LogP contribution in [-0.2, 0) is 11.4 Å². The molecule has 0 aliphatic carbocycles. The smallest absolute Gasteiger partial charge is 0.271 e. The van der Waals surface area contributed by atoms with E-state index in [1.165, 1.54) is 11.8 Å². The fourth-order valence-electron chi connectivity index (χ4n) is 3.94. The van der Waals surface area contributed by atoms with Crippen molar-refractivity contribution in [1.82, 2.24) is 0 Å². The van der Waals surface area contributed by atoms with Gasteiger partial charge in [0.05, 0.1) is 25.2 Å². The number of hydrogen-bond donors (Lipinski definition) is 0. The molecule has 1 amide bonds. The number of carbonyl (C=O) groups is 1. The number of amidine groups is 1. The Bertz CT molecular complexity index is 1650. The summed E-state index contributed by atoms with van der Waals surface area (Å²) in [6.45, 7) is 4.29. The van der Waals surface area contributed by atoms with Crippen LogP contribution in [0, 0.1) is 13.8 Å². The van der Waals surface area contributed by atoms with Crippen molar-refractivity contribution < 1.29 is 9.53 Å². The van der Waals surface area contributed by atoms with Crippen molar-refractivity contribution in [3.63, 3.8) is 0 Å². The van der Waals surface area contributed by atoms with Gasteiger partial charge in [-0.15, -0.1) is 0 Å². The van der Waals surface area contributed by atoms with E-state index in [4.69, 9.17) is 32.9 Å². The molecule has 0 unspecified atom stereocenters. The lowest BCUT2D eigenvalue weighted by Crippen LogP contribution is -2.28. The Kier molecular flexibility index (Phi) is 9.08. The molecular formula is C31H22Br2Cl2N2O2S. The van der Waals surface area contributed by atoms with Gasteiger partial charge in [-0.2, -0.15) is 0 Å². The maximum Gasteiger partial charge on any atom is 0.271 e. The summed E-state index contributed by atoms with van der Waals surface area (Å²) in [5.41, 5.74) is 5.06. The number of nitrogens with zero attached hydrogens (tertiary/aromatic N) is 2. The highest BCUT2D eigenvalue weighted by atomic mass is 79.9. The highest BCUT2D eigenvalue weighted by Crippen LogP contribution is 2.41. The number of aliphatic imine (C=N–C) groups is 1. The monoisotopic (exact) mass is 714 g/mol. The Morgan fingerprint density at radius 2 is 1.55 bits per heavy atom. The molecule has 0 saturated carbocycles.